The third-order valence-corrected chi connectivity index (χ3v) is 3.17. The first-order valence-corrected chi connectivity index (χ1v) is 7.52. The van der Waals surface area contributed by atoms with Gasteiger partial charge in [-0.2, -0.15) is 0 Å². The molecule has 1 atom stereocenters. The third kappa shape index (κ3) is 5.51. The molecule has 2 N–H and O–H groups in total. The van der Waals surface area contributed by atoms with Gasteiger partial charge in [0.05, 0.1) is 11.7 Å². The molecule has 0 aliphatic rings. The monoisotopic (exact) mass is 279 g/mol. The normalized spacial score (nSPS) is 14.6. The summed E-state index contributed by atoms with van der Waals surface area (Å²) in [6, 6.07) is 7.75. The summed E-state index contributed by atoms with van der Waals surface area (Å²) >= 11 is 0. The van der Waals surface area contributed by atoms with E-state index in [9.17, 15) is 5.11 Å². The molecule has 1 aromatic carbocycles. The average Bonchev–Trinajstić information content (AvgIpc) is 2.34. The lowest BCUT2D eigenvalue weighted by Gasteiger charge is -2.27. The molecule has 0 heterocycles. The summed E-state index contributed by atoms with van der Waals surface area (Å²) in [4.78, 5) is 0. The Balaban J connectivity index is 2.70. The van der Waals surface area contributed by atoms with Crippen molar-refractivity contribution in [2.24, 2.45) is 5.92 Å². The Kier molecular flexibility index (Phi) is 6.50. The zero-order valence-electron chi connectivity index (χ0n) is 13.4. The molecule has 0 aliphatic carbocycles. The standard InChI is InChI=1S/C17H29NO2/c1-13(2)12-18-11-10-17(5,19)15-8-6-7-9-16(15)20-14(3)4/h6-9,13-14,18-19H,10-12H2,1-5H3. The Bertz CT molecular complexity index is 400. The van der Waals surface area contributed by atoms with Crippen molar-refractivity contribution < 1.29 is 9.84 Å². The van der Waals surface area contributed by atoms with E-state index in [1.165, 1.54) is 0 Å². The van der Waals surface area contributed by atoms with E-state index in [1.807, 2.05) is 45.0 Å². The minimum atomic E-state index is -0.880. The molecule has 0 spiro atoms. The number of para-hydroxylation sites is 1. The van der Waals surface area contributed by atoms with Crippen molar-refractivity contribution >= 4 is 0 Å². The minimum absolute atomic E-state index is 0.103. The van der Waals surface area contributed by atoms with E-state index in [4.69, 9.17) is 4.74 Å². The van der Waals surface area contributed by atoms with Crippen molar-refractivity contribution in [2.45, 2.75) is 52.7 Å². The molecule has 0 fully saturated rings. The molecule has 0 aromatic heterocycles. The highest BCUT2D eigenvalue weighted by Crippen LogP contribution is 2.32. The number of benzene rings is 1. The molecule has 3 nitrogen and oxygen atoms in total. The molecule has 0 radical (unpaired) electrons. The summed E-state index contributed by atoms with van der Waals surface area (Å²) in [6.45, 7) is 12.0. The highest BCUT2D eigenvalue weighted by Gasteiger charge is 2.26. The fraction of sp³-hybridized carbons (Fsp3) is 0.647. The molecule has 0 saturated carbocycles. The number of aliphatic hydroxyl groups is 1. The molecule has 114 valence electrons. The summed E-state index contributed by atoms with van der Waals surface area (Å²) in [5.74, 6) is 1.40. The quantitative estimate of drug-likeness (QED) is 0.717. The fourth-order valence-electron chi connectivity index (χ4n) is 2.13. The van der Waals surface area contributed by atoms with Gasteiger partial charge in [-0.3, -0.25) is 0 Å². The predicted octanol–water partition coefficient (Wildman–Crippen LogP) is 3.32. The topological polar surface area (TPSA) is 41.5 Å². The van der Waals surface area contributed by atoms with Gasteiger partial charge in [0.15, 0.2) is 0 Å². The van der Waals surface area contributed by atoms with Crippen LogP contribution < -0.4 is 10.1 Å². The summed E-state index contributed by atoms with van der Waals surface area (Å²) in [5.41, 5.74) is -0.0183. The zero-order valence-corrected chi connectivity index (χ0v) is 13.4. The molecule has 1 unspecified atom stereocenters. The number of nitrogens with one attached hydrogen (secondary N) is 1. The Morgan fingerprint density at radius 3 is 2.45 bits per heavy atom. The summed E-state index contributed by atoms with van der Waals surface area (Å²) in [6.07, 6.45) is 0.768. The maximum Gasteiger partial charge on any atom is 0.125 e. The van der Waals surface area contributed by atoms with Gasteiger partial charge < -0.3 is 15.2 Å². The van der Waals surface area contributed by atoms with Crippen LogP contribution in [0.4, 0.5) is 0 Å². The highest BCUT2D eigenvalue weighted by atomic mass is 16.5. The minimum Gasteiger partial charge on any atom is -0.491 e. The largest absolute Gasteiger partial charge is 0.491 e. The van der Waals surface area contributed by atoms with E-state index in [1.54, 1.807) is 0 Å². The maximum atomic E-state index is 10.7. The van der Waals surface area contributed by atoms with E-state index in [0.29, 0.717) is 12.3 Å². The van der Waals surface area contributed by atoms with Gasteiger partial charge in [-0.1, -0.05) is 32.0 Å². The van der Waals surface area contributed by atoms with Crippen molar-refractivity contribution in [1.82, 2.24) is 5.32 Å². The molecule has 20 heavy (non-hydrogen) atoms. The summed E-state index contributed by atoms with van der Waals surface area (Å²) in [5, 5.41) is 14.1. The van der Waals surface area contributed by atoms with Gasteiger partial charge >= 0.3 is 0 Å². The molecule has 1 rings (SSSR count). The van der Waals surface area contributed by atoms with Crippen LogP contribution >= 0.6 is 0 Å². The smallest absolute Gasteiger partial charge is 0.125 e. The Morgan fingerprint density at radius 2 is 1.85 bits per heavy atom. The van der Waals surface area contributed by atoms with Crippen LogP contribution in [0.3, 0.4) is 0 Å². The zero-order chi connectivity index (χ0) is 15.2. The van der Waals surface area contributed by atoms with Crippen LogP contribution in [0.2, 0.25) is 0 Å². The van der Waals surface area contributed by atoms with Gasteiger partial charge in [-0.15, -0.1) is 0 Å². The average molecular weight is 279 g/mol. The lowest BCUT2D eigenvalue weighted by molar-refractivity contribution is 0.0436. The molecular formula is C17H29NO2. The second-order valence-electron chi connectivity index (χ2n) is 6.28. The molecule has 1 aromatic rings. The molecule has 3 heteroatoms. The van der Waals surface area contributed by atoms with Crippen molar-refractivity contribution in [2.75, 3.05) is 13.1 Å². The van der Waals surface area contributed by atoms with Gasteiger partial charge in [-0.05, 0) is 52.3 Å². The number of hydrogen-bond donors (Lipinski definition) is 2. The Hall–Kier alpha value is -1.06. The first-order valence-electron chi connectivity index (χ1n) is 7.52. The first-order chi connectivity index (χ1) is 9.33. The van der Waals surface area contributed by atoms with Gasteiger partial charge in [0.25, 0.3) is 0 Å². The predicted molar refractivity (Wildman–Crippen MR) is 84.1 cm³/mol. The molecule has 0 amide bonds. The van der Waals surface area contributed by atoms with Crippen LogP contribution in [-0.2, 0) is 5.60 Å². The third-order valence-electron chi connectivity index (χ3n) is 3.17. The van der Waals surface area contributed by atoms with E-state index >= 15 is 0 Å². The molecule has 0 bridgehead atoms. The van der Waals surface area contributed by atoms with Gasteiger partial charge in [-0.25, -0.2) is 0 Å². The highest BCUT2D eigenvalue weighted by molar-refractivity contribution is 5.37. The molecule has 0 aliphatic heterocycles. The van der Waals surface area contributed by atoms with Crippen molar-refractivity contribution in [1.29, 1.82) is 0 Å². The fourth-order valence-corrected chi connectivity index (χ4v) is 2.13. The van der Waals surface area contributed by atoms with Crippen LogP contribution in [0.5, 0.6) is 5.75 Å². The SMILES string of the molecule is CC(C)CNCCC(C)(O)c1ccccc1OC(C)C. The van der Waals surface area contributed by atoms with E-state index < -0.39 is 5.60 Å². The second-order valence-corrected chi connectivity index (χ2v) is 6.28. The van der Waals surface area contributed by atoms with Crippen LogP contribution in [0, 0.1) is 5.92 Å². The van der Waals surface area contributed by atoms with Gasteiger partial charge in [0, 0.05) is 5.56 Å². The van der Waals surface area contributed by atoms with Crippen molar-refractivity contribution in [3.8, 4) is 5.75 Å². The number of ether oxygens (including phenoxy) is 1. The summed E-state index contributed by atoms with van der Waals surface area (Å²) < 4.78 is 5.80. The van der Waals surface area contributed by atoms with Crippen molar-refractivity contribution in [3.05, 3.63) is 29.8 Å². The number of hydrogen-bond acceptors (Lipinski definition) is 3. The van der Waals surface area contributed by atoms with E-state index in [-0.39, 0.29) is 6.10 Å². The van der Waals surface area contributed by atoms with E-state index in [0.717, 1.165) is 24.4 Å². The van der Waals surface area contributed by atoms with Gasteiger partial charge in [0.1, 0.15) is 5.75 Å². The lowest BCUT2D eigenvalue weighted by atomic mass is 9.91. The Morgan fingerprint density at radius 1 is 1.20 bits per heavy atom. The Labute approximate surface area is 123 Å². The van der Waals surface area contributed by atoms with E-state index in [2.05, 4.69) is 19.2 Å². The summed E-state index contributed by atoms with van der Waals surface area (Å²) in [7, 11) is 0. The van der Waals surface area contributed by atoms with Crippen LogP contribution in [-0.4, -0.2) is 24.3 Å². The second kappa shape index (κ2) is 7.65. The van der Waals surface area contributed by atoms with Crippen LogP contribution in [0.1, 0.15) is 46.6 Å². The first kappa shape index (κ1) is 17.0. The van der Waals surface area contributed by atoms with Crippen LogP contribution in [0.15, 0.2) is 24.3 Å². The maximum absolute atomic E-state index is 10.7. The van der Waals surface area contributed by atoms with Crippen molar-refractivity contribution in [3.63, 3.8) is 0 Å². The number of rotatable bonds is 8. The van der Waals surface area contributed by atoms with Crippen LogP contribution in [0.25, 0.3) is 0 Å². The molecule has 0 saturated heterocycles. The lowest BCUT2D eigenvalue weighted by Crippen LogP contribution is -2.30. The molecular weight excluding hydrogens is 250 g/mol. The van der Waals surface area contributed by atoms with Gasteiger partial charge in [0.2, 0.25) is 0 Å².